The number of carbonyl (C=O) groups excluding carboxylic acids is 3. The Labute approximate surface area is 379 Å². The predicted octanol–water partition coefficient (Wildman–Crippen LogP) is 11.5. The van der Waals surface area contributed by atoms with Gasteiger partial charge in [-0.25, -0.2) is 0 Å². The van der Waals surface area contributed by atoms with E-state index in [0.717, 1.165) is 57.8 Å². The van der Waals surface area contributed by atoms with Gasteiger partial charge in [-0.05, 0) is 19.3 Å². The van der Waals surface area contributed by atoms with Crippen molar-refractivity contribution in [1.82, 2.24) is 5.32 Å². The van der Waals surface area contributed by atoms with Gasteiger partial charge < -0.3 is 39.6 Å². The summed E-state index contributed by atoms with van der Waals surface area (Å²) >= 11 is 0. The van der Waals surface area contributed by atoms with Gasteiger partial charge in [0.2, 0.25) is 5.91 Å². The first-order valence-corrected chi connectivity index (χ1v) is 26.2. The Morgan fingerprint density at radius 1 is 0.468 bits per heavy atom. The van der Waals surface area contributed by atoms with Crippen molar-refractivity contribution in [3.8, 4) is 0 Å². The second-order valence-corrected chi connectivity index (χ2v) is 18.3. The number of hydrogen-bond donors (Lipinski definition) is 4. The summed E-state index contributed by atoms with van der Waals surface area (Å²) in [6.07, 6.45) is 31.7. The fourth-order valence-corrected chi connectivity index (χ4v) is 8.16. The minimum Gasteiger partial charge on any atom is -0.462 e. The minimum absolute atomic E-state index is 0.0737. The molecule has 1 fully saturated rings. The van der Waals surface area contributed by atoms with Crippen LogP contribution in [-0.2, 0) is 33.3 Å². The van der Waals surface area contributed by atoms with E-state index in [2.05, 4.69) is 26.1 Å². The van der Waals surface area contributed by atoms with Crippen molar-refractivity contribution in [2.75, 3.05) is 19.8 Å². The monoisotopic (exact) mass is 884 g/mol. The van der Waals surface area contributed by atoms with Crippen molar-refractivity contribution in [2.24, 2.45) is 0 Å². The molecule has 0 aromatic carbocycles. The van der Waals surface area contributed by atoms with E-state index in [4.69, 9.17) is 18.9 Å². The molecule has 1 heterocycles. The molecule has 0 spiro atoms. The van der Waals surface area contributed by atoms with Gasteiger partial charge in [0, 0.05) is 25.8 Å². The van der Waals surface area contributed by atoms with Gasteiger partial charge in [-0.3, -0.25) is 14.4 Å². The Kier molecular flexibility index (Phi) is 39.3. The second-order valence-electron chi connectivity index (χ2n) is 18.3. The SMILES string of the molecule is CCCCCCCCCCCCCC(=O)NC[C@H]1O[C@H](OC[C@@H](COC(=O)CCCCCCCCCCCCC)OC(=O)CCCCCCCCCCCCC)[C@H](O)[C@@H](O)[C@H]1O. The van der Waals surface area contributed by atoms with E-state index in [0.29, 0.717) is 12.8 Å². The first-order valence-electron chi connectivity index (χ1n) is 26.2. The molecule has 11 nitrogen and oxygen atoms in total. The van der Waals surface area contributed by atoms with E-state index in [-0.39, 0.29) is 44.5 Å². The molecule has 366 valence electrons. The number of unbranched alkanes of at least 4 members (excludes halogenated alkanes) is 30. The highest BCUT2D eigenvalue weighted by atomic mass is 16.7. The summed E-state index contributed by atoms with van der Waals surface area (Å²) in [6, 6.07) is 0. The van der Waals surface area contributed by atoms with Crippen molar-refractivity contribution < 1.29 is 48.7 Å². The van der Waals surface area contributed by atoms with Gasteiger partial charge in [-0.2, -0.15) is 0 Å². The highest BCUT2D eigenvalue weighted by Gasteiger charge is 2.44. The van der Waals surface area contributed by atoms with Gasteiger partial charge >= 0.3 is 11.9 Å². The van der Waals surface area contributed by atoms with Crippen molar-refractivity contribution >= 4 is 17.8 Å². The highest BCUT2D eigenvalue weighted by Crippen LogP contribution is 2.23. The molecule has 0 aromatic heterocycles. The summed E-state index contributed by atoms with van der Waals surface area (Å²) in [7, 11) is 0. The molecule has 0 saturated carbocycles. The zero-order chi connectivity index (χ0) is 45.3. The maximum atomic E-state index is 12.9. The van der Waals surface area contributed by atoms with Crippen LogP contribution >= 0.6 is 0 Å². The van der Waals surface area contributed by atoms with Crippen molar-refractivity contribution in [2.45, 2.75) is 289 Å². The van der Waals surface area contributed by atoms with Crippen LogP contribution in [0.2, 0.25) is 0 Å². The van der Waals surface area contributed by atoms with Gasteiger partial charge in [0.15, 0.2) is 12.4 Å². The van der Waals surface area contributed by atoms with Crippen LogP contribution in [0.1, 0.15) is 252 Å². The van der Waals surface area contributed by atoms with Crippen LogP contribution in [0.4, 0.5) is 0 Å². The highest BCUT2D eigenvalue weighted by molar-refractivity contribution is 5.75. The van der Waals surface area contributed by atoms with Crippen molar-refractivity contribution in [3.63, 3.8) is 0 Å². The van der Waals surface area contributed by atoms with Gasteiger partial charge in [0.05, 0.1) is 6.61 Å². The zero-order valence-electron chi connectivity index (χ0n) is 40.2. The van der Waals surface area contributed by atoms with Crippen LogP contribution in [-0.4, -0.2) is 89.7 Å². The number of hydrogen-bond acceptors (Lipinski definition) is 10. The fourth-order valence-electron chi connectivity index (χ4n) is 8.16. The lowest BCUT2D eigenvalue weighted by molar-refractivity contribution is -0.299. The molecule has 1 amide bonds. The lowest BCUT2D eigenvalue weighted by Crippen LogP contribution is -2.60. The molecule has 1 aliphatic rings. The third-order valence-corrected chi connectivity index (χ3v) is 12.3. The van der Waals surface area contributed by atoms with E-state index in [1.807, 2.05) is 0 Å². The maximum Gasteiger partial charge on any atom is 0.306 e. The number of ether oxygens (including phenoxy) is 4. The Hall–Kier alpha value is -1.79. The summed E-state index contributed by atoms with van der Waals surface area (Å²) in [4.78, 5) is 38.2. The van der Waals surface area contributed by atoms with E-state index < -0.39 is 42.8 Å². The third-order valence-electron chi connectivity index (χ3n) is 12.3. The molecule has 0 aliphatic carbocycles. The van der Waals surface area contributed by atoms with Crippen LogP contribution in [0, 0.1) is 0 Å². The molecule has 1 rings (SSSR count). The average molecular weight is 884 g/mol. The maximum absolute atomic E-state index is 12.9. The third kappa shape index (κ3) is 32.8. The first-order chi connectivity index (χ1) is 30.2. The van der Waals surface area contributed by atoms with Crippen LogP contribution < -0.4 is 5.32 Å². The number of rotatable bonds is 44. The fraction of sp³-hybridized carbons (Fsp3) is 0.941. The van der Waals surface area contributed by atoms with Crippen LogP contribution in [0.5, 0.6) is 0 Å². The van der Waals surface area contributed by atoms with Gasteiger partial charge in [0.25, 0.3) is 0 Å². The molecule has 6 atom stereocenters. The smallest absolute Gasteiger partial charge is 0.306 e. The number of esters is 2. The molecule has 0 bridgehead atoms. The molecule has 1 aliphatic heterocycles. The summed E-state index contributed by atoms with van der Waals surface area (Å²) in [5.41, 5.74) is 0. The molecule has 0 unspecified atom stereocenters. The normalized spacial score (nSPS) is 19.4. The van der Waals surface area contributed by atoms with E-state index in [1.54, 1.807) is 0 Å². The predicted molar refractivity (Wildman–Crippen MR) is 250 cm³/mol. The number of carbonyl (C=O) groups is 3. The van der Waals surface area contributed by atoms with Crippen LogP contribution in [0.25, 0.3) is 0 Å². The average Bonchev–Trinajstić information content (AvgIpc) is 3.26. The van der Waals surface area contributed by atoms with Gasteiger partial charge in [0.1, 0.15) is 31.0 Å². The number of amides is 1. The lowest BCUT2D eigenvalue weighted by atomic mass is 9.98. The van der Waals surface area contributed by atoms with Crippen LogP contribution in [0.3, 0.4) is 0 Å². The van der Waals surface area contributed by atoms with E-state index >= 15 is 0 Å². The molecular formula is C51H97NO10. The first kappa shape index (κ1) is 58.2. The zero-order valence-corrected chi connectivity index (χ0v) is 40.2. The topological polar surface area (TPSA) is 161 Å². The summed E-state index contributed by atoms with van der Waals surface area (Å²) < 4.78 is 23.0. The Bertz CT molecular complexity index is 1050. The number of nitrogens with one attached hydrogen (secondary N) is 1. The number of aliphatic hydroxyl groups is 3. The molecule has 62 heavy (non-hydrogen) atoms. The molecule has 4 N–H and O–H groups in total. The van der Waals surface area contributed by atoms with Gasteiger partial charge in [-0.15, -0.1) is 0 Å². The number of aliphatic hydroxyl groups excluding tert-OH is 3. The van der Waals surface area contributed by atoms with Gasteiger partial charge in [-0.1, -0.05) is 213 Å². The largest absolute Gasteiger partial charge is 0.462 e. The standard InChI is InChI=1S/C51H97NO10/c1-4-7-10-13-16-19-22-25-28-31-34-37-45(53)52-40-44-48(56)49(57)50(58)51(62-44)60-42-43(61-47(55)39-36-33-30-27-24-21-18-15-12-9-6-3)41-59-46(54)38-35-32-29-26-23-20-17-14-11-8-5-2/h43-44,48-51,56-58H,4-42H2,1-3H3,(H,52,53)/t43-,44-,48+,49+,50-,51+/m1/s1. The van der Waals surface area contributed by atoms with Crippen LogP contribution in [0.15, 0.2) is 0 Å². The summed E-state index contributed by atoms with van der Waals surface area (Å²) in [5, 5.41) is 34.9. The molecular weight excluding hydrogens is 787 g/mol. The molecule has 11 heteroatoms. The molecule has 0 radical (unpaired) electrons. The second kappa shape index (κ2) is 41.9. The van der Waals surface area contributed by atoms with Crippen molar-refractivity contribution in [1.29, 1.82) is 0 Å². The quantitative estimate of drug-likeness (QED) is 0.0342. The van der Waals surface area contributed by atoms with E-state index in [9.17, 15) is 29.7 Å². The van der Waals surface area contributed by atoms with E-state index in [1.165, 1.54) is 148 Å². The Morgan fingerprint density at radius 2 is 0.839 bits per heavy atom. The minimum atomic E-state index is -1.59. The summed E-state index contributed by atoms with van der Waals surface area (Å²) in [6.45, 7) is 6.14. The lowest BCUT2D eigenvalue weighted by Gasteiger charge is -2.40. The molecule has 1 saturated heterocycles. The Morgan fingerprint density at radius 3 is 1.26 bits per heavy atom. The van der Waals surface area contributed by atoms with Crippen molar-refractivity contribution in [3.05, 3.63) is 0 Å². The Balaban J connectivity index is 2.55. The summed E-state index contributed by atoms with van der Waals surface area (Å²) in [5.74, 6) is -0.965. The molecule has 0 aromatic rings.